The largest absolute Gasteiger partial charge is 0.393 e. The predicted molar refractivity (Wildman–Crippen MR) is 101 cm³/mol. The van der Waals surface area contributed by atoms with E-state index in [1.54, 1.807) is 11.3 Å². The normalized spacial score (nSPS) is 10.7. The Hall–Kier alpha value is -2.67. The fourth-order valence-electron chi connectivity index (χ4n) is 2.30. The van der Waals surface area contributed by atoms with E-state index in [4.69, 9.17) is 5.73 Å². The van der Waals surface area contributed by atoms with E-state index < -0.39 is 0 Å². The van der Waals surface area contributed by atoms with Gasteiger partial charge in [-0.05, 0) is 39.3 Å². The van der Waals surface area contributed by atoms with Gasteiger partial charge in [-0.15, -0.1) is 11.3 Å². The molecule has 4 N–H and O–H groups in total. The topological polar surface area (TPSA) is 88.8 Å². The summed E-state index contributed by atoms with van der Waals surface area (Å²) in [5.74, 6) is 1.12. The summed E-state index contributed by atoms with van der Waals surface area (Å²) >= 11 is 1.57. The van der Waals surface area contributed by atoms with E-state index in [1.165, 1.54) is 16.8 Å². The van der Waals surface area contributed by atoms with Crippen molar-refractivity contribution in [1.29, 1.82) is 0 Å². The van der Waals surface area contributed by atoms with Gasteiger partial charge in [-0.1, -0.05) is 17.7 Å². The Labute approximate surface area is 145 Å². The van der Waals surface area contributed by atoms with Gasteiger partial charge in [-0.2, -0.15) is 0 Å². The molecule has 0 amide bonds. The second kappa shape index (κ2) is 6.45. The van der Waals surface area contributed by atoms with Gasteiger partial charge in [0.05, 0.1) is 5.69 Å². The molecule has 24 heavy (non-hydrogen) atoms. The number of aromatic nitrogens is 3. The summed E-state index contributed by atoms with van der Waals surface area (Å²) in [5, 5.41) is 7.22. The first kappa shape index (κ1) is 16.2. The molecule has 0 aliphatic rings. The molecule has 0 aliphatic heterocycles. The van der Waals surface area contributed by atoms with Crippen LogP contribution in [0.5, 0.6) is 0 Å². The molecule has 0 spiro atoms. The van der Waals surface area contributed by atoms with E-state index >= 15 is 0 Å². The van der Waals surface area contributed by atoms with Crippen LogP contribution in [-0.4, -0.2) is 15.0 Å². The summed E-state index contributed by atoms with van der Waals surface area (Å²) in [6.07, 6.45) is 1.48. The smallest absolute Gasteiger partial charge is 0.188 e. The number of hydrogen-bond acceptors (Lipinski definition) is 7. The highest BCUT2D eigenvalue weighted by molar-refractivity contribution is 7.15. The van der Waals surface area contributed by atoms with Gasteiger partial charge in [0.15, 0.2) is 16.8 Å². The van der Waals surface area contributed by atoms with E-state index in [0.29, 0.717) is 17.3 Å². The van der Waals surface area contributed by atoms with Crippen molar-refractivity contribution in [2.24, 2.45) is 0 Å². The minimum Gasteiger partial charge on any atom is -0.393 e. The Morgan fingerprint density at radius 3 is 2.33 bits per heavy atom. The standard InChI is InChI=1S/C17H20N6S/c1-9-5-6-13(10(2)7-9)22-15-14(18)16(20-8-19-15)23-17-21-11(3)12(4)24-17/h5-8H,18H2,1-4H3,(H2,19,20,21,22,23). The molecule has 0 saturated carbocycles. The number of thiazole rings is 1. The maximum atomic E-state index is 6.23. The zero-order valence-corrected chi connectivity index (χ0v) is 15.0. The van der Waals surface area contributed by atoms with Crippen LogP contribution >= 0.6 is 11.3 Å². The SMILES string of the molecule is Cc1ccc(Nc2ncnc(Nc3nc(C)c(C)s3)c2N)c(C)c1. The molecule has 3 rings (SSSR count). The molecule has 0 aliphatic carbocycles. The molecule has 3 aromatic rings. The summed E-state index contributed by atoms with van der Waals surface area (Å²) in [6, 6.07) is 6.18. The maximum Gasteiger partial charge on any atom is 0.188 e. The number of nitrogens with two attached hydrogens (primary N) is 1. The van der Waals surface area contributed by atoms with Gasteiger partial charge in [0.25, 0.3) is 0 Å². The van der Waals surface area contributed by atoms with Gasteiger partial charge in [0.1, 0.15) is 12.0 Å². The van der Waals surface area contributed by atoms with E-state index in [1.807, 2.05) is 32.9 Å². The highest BCUT2D eigenvalue weighted by Crippen LogP contribution is 2.31. The molecule has 0 unspecified atom stereocenters. The minimum absolute atomic E-state index is 0.461. The van der Waals surface area contributed by atoms with E-state index in [9.17, 15) is 0 Å². The summed E-state index contributed by atoms with van der Waals surface area (Å²) < 4.78 is 0. The van der Waals surface area contributed by atoms with Crippen LogP contribution < -0.4 is 16.4 Å². The number of aryl methyl sites for hydroxylation is 4. The molecule has 0 atom stereocenters. The van der Waals surface area contributed by atoms with Crippen molar-refractivity contribution >= 4 is 39.5 Å². The van der Waals surface area contributed by atoms with Crippen LogP contribution in [0.1, 0.15) is 21.7 Å². The first-order valence-electron chi connectivity index (χ1n) is 7.60. The van der Waals surface area contributed by atoms with Gasteiger partial charge in [-0.3, -0.25) is 0 Å². The van der Waals surface area contributed by atoms with Gasteiger partial charge in [0, 0.05) is 10.6 Å². The average Bonchev–Trinajstić information content (AvgIpc) is 2.84. The maximum absolute atomic E-state index is 6.23. The number of rotatable bonds is 4. The van der Waals surface area contributed by atoms with Crippen molar-refractivity contribution < 1.29 is 0 Å². The number of anilines is 5. The van der Waals surface area contributed by atoms with Crippen molar-refractivity contribution in [3.63, 3.8) is 0 Å². The van der Waals surface area contributed by atoms with Crippen LogP contribution in [0.4, 0.5) is 28.1 Å². The van der Waals surface area contributed by atoms with Crippen molar-refractivity contribution in [3.8, 4) is 0 Å². The van der Waals surface area contributed by atoms with Crippen molar-refractivity contribution in [2.45, 2.75) is 27.7 Å². The van der Waals surface area contributed by atoms with Crippen molar-refractivity contribution in [2.75, 3.05) is 16.4 Å². The lowest BCUT2D eigenvalue weighted by atomic mass is 10.1. The summed E-state index contributed by atoms with van der Waals surface area (Å²) in [6.45, 7) is 8.13. The zero-order chi connectivity index (χ0) is 17.3. The second-order valence-corrected chi connectivity index (χ2v) is 6.92. The Morgan fingerprint density at radius 2 is 1.71 bits per heavy atom. The first-order valence-corrected chi connectivity index (χ1v) is 8.41. The number of benzene rings is 1. The summed E-state index contributed by atoms with van der Waals surface area (Å²) in [7, 11) is 0. The third-order valence-electron chi connectivity index (χ3n) is 3.77. The van der Waals surface area contributed by atoms with Gasteiger partial charge in [-0.25, -0.2) is 15.0 Å². The van der Waals surface area contributed by atoms with E-state index in [-0.39, 0.29) is 0 Å². The Balaban J connectivity index is 1.87. The summed E-state index contributed by atoms with van der Waals surface area (Å²) in [5.41, 5.74) is 11.0. The first-order chi connectivity index (χ1) is 11.4. The van der Waals surface area contributed by atoms with Crippen LogP contribution in [0.15, 0.2) is 24.5 Å². The monoisotopic (exact) mass is 340 g/mol. The summed E-state index contributed by atoms with van der Waals surface area (Å²) in [4.78, 5) is 14.1. The van der Waals surface area contributed by atoms with Gasteiger partial charge in [0.2, 0.25) is 0 Å². The van der Waals surface area contributed by atoms with E-state index in [0.717, 1.165) is 22.1 Å². The molecule has 2 heterocycles. The van der Waals surface area contributed by atoms with Crippen LogP contribution in [-0.2, 0) is 0 Å². The third-order valence-corrected chi connectivity index (χ3v) is 4.76. The lowest BCUT2D eigenvalue weighted by Crippen LogP contribution is -2.05. The number of hydrogen-bond donors (Lipinski definition) is 3. The van der Waals surface area contributed by atoms with Crippen molar-refractivity contribution in [3.05, 3.63) is 46.2 Å². The Morgan fingerprint density at radius 1 is 1.00 bits per heavy atom. The quantitative estimate of drug-likeness (QED) is 0.658. The molecule has 124 valence electrons. The lowest BCUT2D eigenvalue weighted by molar-refractivity contribution is 1.16. The minimum atomic E-state index is 0.461. The van der Waals surface area contributed by atoms with Gasteiger partial charge < -0.3 is 16.4 Å². The lowest BCUT2D eigenvalue weighted by Gasteiger charge is -2.13. The van der Waals surface area contributed by atoms with E-state index in [2.05, 4.69) is 38.6 Å². The number of nitrogens with zero attached hydrogens (tertiary/aromatic N) is 3. The molecule has 1 aromatic carbocycles. The molecular formula is C17H20N6S. The van der Waals surface area contributed by atoms with Crippen LogP contribution in [0.2, 0.25) is 0 Å². The molecule has 0 radical (unpaired) electrons. The molecule has 0 bridgehead atoms. The average molecular weight is 340 g/mol. The molecule has 0 fully saturated rings. The number of nitrogen functional groups attached to an aromatic ring is 1. The molecule has 0 saturated heterocycles. The van der Waals surface area contributed by atoms with Crippen LogP contribution in [0.3, 0.4) is 0 Å². The highest BCUT2D eigenvalue weighted by atomic mass is 32.1. The second-order valence-electron chi connectivity index (χ2n) is 5.71. The van der Waals surface area contributed by atoms with Crippen LogP contribution in [0.25, 0.3) is 0 Å². The fourth-order valence-corrected chi connectivity index (χ4v) is 3.12. The Kier molecular flexibility index (Phi) is 4.35. The Bertz CT molecular complexity index is 867. The molecule has 2 aromatic heterocycles. The predicted octanol–water partition coefficient (Wildman–Crippen LogP) is 4.24. The fraction of sp³-hybridized carbons (Fsp3) is 0.235. The highest BCUT2D eigenvalue weighted by Gasteiger charge is 2.12. The van der Waals surface area contributed by atoms with Gasteiger partial charge >= 0.3 is 0 Å². The van der Waals surface area contributed by atoms with Crippen LogP contribution in [0, 0.1) is 27.7 Å². The number of nitrogens with one attached hydrogen (secondary N) is 2. The molecular weight excluding hydrogens is 320 g/mol. The zero-order valence-electron chi connectivity index (χ0n) is 14.1. The molecule has 6 nitrogen and oxygen atoms in total. The van der Waals surface area contributed by atoms with Crippen molar-refractivity contribution in [1.82, 2.24) is 15.0 Å². The third kappa shape index (κ3) is 3.30. The molecule has 7 heteroatoms.